The zero-order valence-electron chi connectivity index (χ0n) is 9.86. The topological polar surface area (TPSA) is 64.2 Å². The zero-order valence-corrected chi connectivity index (χ0v) is 9.86. The quantitative estimate of drug-likeness (QED) is 0.843. The number of halogens is 1. The maximum Gasteiger partial charge on any atom is 0.163 e. The molecule has 0 atom stereocenters. The first-order chi connectivity index (χ1) is 8.71. The molecule has 5 nitrogen and oxygen atoms in total. The van der Waals surface area contributed by atoms with E-state index in [9.17, 15) is 9.18 Å². The number of nitrogens with zero attached hydrogens (tertiary/aromatic N) is 1. The van der Waals surface area contributed by atoms with Crippen molar-refractivity contribution in [2.45, 2.75) is 0 Å². The minimum atomic E-state index is -0.528. The molecule has 2 rings (SSSR count). The molecule has 94 valence electrons. The predicted molar refractivity (Wildman–Crippen MR) is 62.5 cm³/mol. The Kier molecular flexibility index (Phi) is 3.27. The highest BCUT2D eigenvalue weighted by Crippen LogP contribution is 2.34. The molecule has 1 aromatic heterocycles. The number of aromatic amines is 1. The largest absolute Gasteiger partial charge is 0.493 e. The normalized spacial score (nSPS) is 10.2. The van der Waals surface area contributed by atoms with Crippen molar-refractivity contribution >= 4 is 6.29 Å². The third-order valence-electron chi connectivity index (χ3n) is 2.54. The number of nitrogens with one attached hydrogen (secondary N) is 1. The van der Waals surface area contributed by atoms with Crippen molar-refractivity contribution in [1.29, 1.82) is 0 Å². The van der Waals surface area contributed by atoms with Gasteiger partial charge in [0.1, 0.15) is 5.82 Å². The number of carbonyl (C=O) groups excluding carboxylic acids is 1. The summed E-state index contributed by atoms with van der Waals surface area (Å²) >= 11 is 0. The highest BCUT2D eigenvalue weighted by atomic mass is 19.1. The highest BCUT2D eigenvalue weighted by Gasteiger charge is 2.16. The summed E-state index contributed by atoms with van der Waals surface area (Å²) in [6, 6.07) is 2.65. The molecule has 2 aromatic rings. The van der Waals surface area contributed by atoms with Gasteiger partial charge in [0, 0.05) is 11.6 Å². The van der Waals surface area contributed by atoms with Crippen LogP contribution in [-0.2, 0) is 0 Å². The third kappa shape index (κ3) is 1.92. The predicted octanol–water partition coefficient (Wildman–Crippen LogP) is 2.05. The smallest absolute Gasteiger partial charge is 0.163 e. The summed E-state index contributed by atoms with van der Waals surface area (Å²) in [7, 11) is 2.87. The van der Waals surface area contributed by atoms with Gasteiger partial charge < -0.3 is 9.47 Å². The Balaban J connectivity index is 2.61. The van der Waals surface area contributed by atoms with Gasteiger partial charge in [-0.05, 0) is 6.07 Å². The molecule has 0 unspecified atom stereocenters. The number of aldehydes is 1. The van der Waals surface area contributed by atoms with E-state index in [2.05, 4.69) is 10.2 Å². The maximum absolute atomic E-state index is 13.9. The van der Waals surface area contributed by atoms with Crippen LogP contribution in [0.3, 0.4) is 0 Å². The number of benzene rings is 1. The van der Waals surface area contributed by atoms with E-state index in [-0.39, 0.29) is 16.9 Å². The summed E-state index contributed by atoms with van der Waals surface area (Å²) in [5.74, 6) is 0.131. The lowest BCUT2D eigenvalue weighted by Gasteiger charge is -2.10. The first-order valence-corrected chi connectivity index (χ1v) is 5.11. The minimum Gasteiger partial charge on any atom is -0.493 e. The Labute approximate surface area is 103 Å². The lowest BCUT2D eigenvalue weighted by molar-refractivity contribution is 0.112. The van der Waals surface area contributed by atoms with E-state index in [1.807, 2.05) is 0 Å². The fourth-order valence-electron chi connectivity index (χ4n) is 1.65. The van der Waals surface area contributed by atoms with Gasteiger partial charge in [-0.2, -0.15) is 5.10 Å². The number of methoxy groups -OCH3 is 2. The molecule has 0 bridgehead atoms. The van der Waals surface area contributed by atoms with Crippen LogP contribution in [0.2, 0.25) is 0 Å². The van der Waals surface area contributed by atoms with Crippen molar-refractivity contribution in [2.24, 2.45) is 0 Å². The van der Waals surface area contributed by atoms with Crippen LogP contribution < -0.4 is 9.47 Å². The third-order valence-corrected chi connectivity index (χ3v) is 2.54. The van der Waals surface area contributed by atoms with Gasteiger partial charge in [-0.3, -0.25) is 9.89 Å². The van der Waals surface area contributed by atoms with Crippen molar-refractivity contribution in [3.63, 3.8) is 0 Å². The molecular weight excluding hydrogens is 239 g/mol. The van der Waals surface area contributed by atoms with Gasteiger partial charge in [0.05, 0.1) is 31.7 Å². The van der Waals surface area contributed by atoms with E-state index in [0.29, 0.717) is 17.7 Å². The number of hydrogen-bond donors (Lipinski definition) is 1. The van der Waals surface area contributed by atoms with Crippen LogP contribution in [0, 0.1) is 5.82 Å². The highest BCUT2D eigenvalue weighted by molar-refractivity contribution is 5.85. The van der Waals surface area contributed by atoms with Crippen molar-refractivity contribution < 1.29 is 18.7 Å². The molecule has 0 radical (unpaired) electrons. The van der Waals surface area contributed by atoms with Crippen LogP contribution in [0.25, 0.3) is 11.3 Å². The number of rotatable bonds is 4. The van der Waals surface area contributed by atoms with Gasteiger partial charge >= 0.3 is 0 Å². The van der Waals surface area contributed by atoms with E-state index in [1.54, 1.807) is 0 Å². The van der Waals surface area contributed by atoms with Crippen molar-refractivity contribution in [3.8, 4) is 22.8 Å². The van der Waals surface area contributed by atoms with Crippen molar-refractivity contribution in [3.05, 3.63) is 29.7 Å². The fraction of sp³-hybridized carbons (Fsp3) is 0.167. The van der Waals surface area contributed by atoms with Crippen molar-refractivity contribution in [2.75, 3.05) is 14.2 Å². The molecule has 0 spiro atoms. The molecule has 0 aliphatic carbocycles. The Morgan fingerprint density at radius 2 is 1.94 bits per heavy atom. The molecule has 1 aromatic carbocycles. The molecule has 6 heteroatoms. The molecular formula is C12H11FN2O3. The monoisotopic (exact) mass is 250 g/mol. The van der Waals surface area contributed by atoms with Gasteiger partial charge in [0.15, 0.2) is 17.8 Å². The fourth-order valence-corrected chi connectivity index (χ4v) is 1.65. The summed E-state index contributed by atoms with van der Waals surface area (Å²) in [5.41, 5.74) is 0.789. The Bertz CT molecular complexity index is 581. The van der Waals surface area contributed by atoms with E-state index < -0.39 is 5.82 Å². The molecule has 0 fully saturated rings. The summed E-state index contributed by atoms with van der Waals surface area (Å²) in [5, 5.41) is 6.30. The molecule has 0 amide bonds. The molecule has 0 saturated carbocycles. The molecule has 0 aliphatic heterocycles. The number of hydrogen-bond acceptors (Lipinski definition) is 4. The molecule has 0 aliphatic rings. The Morgan fingerprint density at radius 1 is 1.28 bits per heavy atom. The van der Waals surface area contributed by atoms with E-state index in [1.165, 1.54) is 32.5 Å². The second-order valence-electron chi connectivity index (χ2n) is 3.51. The summed E-state index contributed by atoms with van der Waals surface area (Å²) in [4.78, 5) is 10.8. The molecule has 18 heavy (non-hydrogen) atoms. The second-order valence-corrected chi connectivity index (χ2v) is 3.51. The number of aromatic nitrogens is 2. The standard InChI is InChI=1S/C12H11FN2O3/c1-17-10-3-8(9(13)4-11(10)18-2)12-7(6-16)5-14-15-12/h3-6H,1-2H3,(H,14,15). The van der Waals surface area contributed by atoms with E-state index in [4.69, 9.17) is 9.47 Å². The number of carbonyl (C=O) groups is 1. The van der Waals surface area contributed by atoms with E-state index >= 15 is 0 Å². The van der Waals surface area contributed by atoms with Crippen LogP contribution in [0.1, 0.15) is 10.4 Å². The first kappa shape index (κ1) is 12.1. The number of ether oxygens (including phenoxy) is 2. The van der Waals surface area contributed by atoms with Crippen LogP contribution in [0.15, 0.2) is 18.3 Å². The molecule has 1 N–H and O–H groups in total. The Hall–Kier alpha value is -2.37. The van der Waals surface area contributed by atoms with Gasteiger partial charge in [-0.1, -0.05) is 0 Å². The maximum atomic E-state index is 13.9. The second kappa shape index (κ2) is 4.87. The SMILES string of the molecule is COc1cc(F)c(-c2[nH]ncc2C=O)cc1OC. The average molecular weight is 250 g/mol. The average Bonchev–Trinajstić information content (AvgIpc) is 2.86. The van der Waals surface area contributed by atoms with Gasteiger partial charge in [0.25, 0.3) is 0 Å². The van der Waals surface area contributed by atoms with Crippen LogP contribution in [0.4, 0.5) is 4.39 Å². The summed E-state index contributed by atoms with van der Waals surface area (Å²) in [6.07, 6.45) is 1.94. The van der Waals surface area contributed by atoms with Crippen LogP contribution >= 0.6 is 0 Å². The van der Waals surface area contributed by atoms with E-state index in [0.717, 1.165) is 0 Å². The van der Waals surface area contributed by atoms with Gasteiger partial charge in [-0.25, -0.2) is 4.39 Å². The molecule has 1 heterocycles. The van der Waals surface area contributed by atoms with Crippen LogP contribution in [-0.4, -0.2) is 30.7 Å². The zero-order chi connectivity index (χ0) is 13.1. The minimum absolute atomic E-state index is 0.201. The van der Waals surface area contributed by atoms with Crippen molar-refractivity contribution in [1.82, 2.24) is 10.2 Å². The Morgan fingerprint density at radius 3 is 2.56 bits per heavy atom. The lowest BCUT2D eigenvalue weighted by Crippen LogP contribution is -1.95. The lowest BCUT2D eigenvalue weighted by atomic mass is 10.1. The first-order valence-electron chi connectivity index (χ1n) is 5.11. The van der Waals surface area contributed by atoms with Crippen LogP contribution in [0.5, 0.6) is 11.5 Å². The van der Waals surface area contributed by atoms with Gasteiger partial charge in [0.2, 0.25) is 0 Å². The molecule has 0 saturated heterocycles. The summed E-state index contributed by atoms with van der Waals surface area (Å²) in [6.45, 7) is 0. The summed E-state index contributed by atoms with van der Waals surface area (Å²) < 4.78 is 24.0. The number of H-pyrrole nitrogens is 1. The van der Waals surface area contributed by atoms with Gasteiger partial charge in [-0.15, -0.1) is 0 Å².